The van der Waals surface area contributed by atoms with E-state index >= 15 is 0 Å². The zero-order valence-electron chi connectivity index (χ0n) is 22.7. The highest BCUT2D eigenvalue weighted by atomic mass is 79.9. The van der Waals surface area contributed by atoms with Crippen LogP contribution in [0, 0.1) is 0 Å². The molecule has 0 spiro atoms. The fraction of sp³-hybridized carbons (Fsp3) is 0.167. The van der Waals surface area contributed by atoms with Gasteiger partial charge in [0.05, 0.1) is 31.7 Å². The van der Waals surface area contributed by atoms with E-state index in [1.165, 1.54) is 37.3 Å². The summed E-state index contributed by atoms with van der Waals surface area (Å²) in [5.74, 6) is -0.776. The van der Waals surface area contributed by atoms with Gasteiger partial charge in [0, 0.05) is 20.6 Å². The van der Waals surface area contributed by atoms with Crippen LogP contribution in [0.1, 0.15) is 29.7 Å². The van der Waals surface area contributed by atoms with Crippen LogP contribution in [0.5, 0.6) is 5.75 Å². The second-order valence-electron chi connectivity index (χ2n) is 9.45. The Morgan fingerprint density at radius 3 is 2.29 bits per heavy atom. The Balaban J connectivity index is 1.61. The Morgan fingerprint density at radius 1 is 1.04 bits per heavy atom. The number of alkyl halides is 3. The number of halogens is 8. The van der Waals surface area contributed by atoms with Gasteiger partial charge in [0.25, 0.3) is 5.56 Å². The number of carbonyl (C=O) groups excluding carboxylic acids is 1. The summed E-state index contributed by atoms with van der Waals surface area (Å²) in [5.41, 5.74) is -1.41. The van der Waals surface area contributed by atoms with Crippen LogP contribution in [0.15, 0.2) is 84.6 Å². The molecule has 234 valence electrons. The van der Waals surface area contributed by atoms with Crippen LogP contribution in [0.25, 0.3) is 6.08 Å². The first-order valence-corrected chi connectivity index (χ1v) is 16.4. The lowest BCUT2D eigenvalue weighted by Gasteiger charge is -2.26. The Bertz CT molecular complexity index is 2010. The van der Waals surface area contributed by atoms with Crippen LogP contribution < -0.4 is 19.6 Å². The zero-order chi connectivity index (χ0) is 32.6. The van der Waals surface area contributed by atoms with Gasteiger partial charge in [-0.25, -0.2) is 9.79 Å². The summed E-state index contributed by atoms with van der Waals surface area (Å²) in [7, 11) is 0. The number of aromatic nitrogens is 1. The second-order valence-corrected chi connectivity index (χ2v) is 13.5. The van der Waals surface area contributed by atoms with Gasteiger partial charge in [0.2, 0.25) is 0 Å². The number of allylic oxidation sites excluding steroid dienone is 1. The van der Waals surface area contributed by atoms with Crippen LogP contribution in [0.2, 0.25) is 15.1 Å². The van der Waals surface area contributed by atoms with Crippen molar-refractivity contribution in [2.24, 2.45) is 4.99 Å². The van der Waals surface area contributed by atoms with Crippen molar-refractivity contribution in [1.29, 1.82) is 0 Å². The largest absolute Gasteiger partial charge is 0.486 e. The van der Waals surface area contributed by atoms with E-state index in [1.807, 2.05) is 0 Å². The van der Waals surface area contributed by atoms with Gasteiger partial charge in [0.1, 0.15) is 12.4 Å². The van der Waals surface area contributed by atoms with Crippen LogP contribution >= 0.6 is 78.0 Å². The molecule has 0 N–H and O–H groups in total. The highest BCUT2D eigenvalue weighted by Crippen LogP contribution is 2.39. The predicted molar refractivity (Wildman–Crippen MR) is 175 cm³/mol. The van der Waals surface area contributed by atoms with E-state index in [0.717, 1.165) is 15.9 Å². The molecule has 2 heterocycles. The fourth-order valence-electron chi connectivity index (χ4n) is 4.54. The molecule has 6 nitrogen and oxygen atoms in total. The predicted octanol–water partition coefficient (Wildman–Crippen LogP) is 8.40. The average molecular weight is 826 g/mol. The van der Waals surface area contributed by atoms with Crippen molar-refractivity contribution in [3.8, 4) is 5.75 Å². The van der Waals surface area contributed by atoms with Crippen LogP contribution in [-0.2, 0) is 16.1 Å². The molecular formula is C30H18Br2Cl3F3N2O4S. The summed E-state index contributed by atoms with van der Waals surface area (Å²) < 4.78 is 56.1. The fourth-order valence-corrected chi connectivity index (χ4v) is 7.58. The summed E-state index contributed by atoms with van der Waals surface area (Å²) in [4.78, 5) is 30.4. The van der Waals surface area contributed by atoms with Crippen molar-refractivity contribution < 1.29 is 27.4 Å². The Hall–Kier alpha value is -2.61. The Morgan fingerprint density at radius 2 is 1.69 bits per heavy atom. The van der Waals surface area contributed by atoms with Crippen LogP contribution in [0.4, 0.5) is 13.2 Å². The number of hydrogen-bond donors (Lipinski definition) is 0. The lowest BCUT2D eigenvalue weighted by atomic mass is 9.95. The molecule has 1 aliphatic rings. The normalized spacial score (nSPS) is 15.1. The third-order valence-electron chi connectivity index (χ3n) is 6.49. The van der Waals surface area contributed by atoms with Gasteiger partial charge >= 0.3 is 12.1 Å². The number of benzene rings is 3. The third kappa shape index (κ3) is 7.21. The third-order valence-corrected chi connectivity index (χ3v) is 9.49. The van der Waals surface area contributed by atoms with E-state index in [9.17, 15) is 22.8 Å². The maximum Gasteiger partial charge on any atom is 0.434 e. The smallest absolute Gasteiger partial charge is 0.434 e. The van der Waals surface area contributed by atoms with E-state index in [-0.39, 0.29) is 28.1 Å². The molecule has 4 aromatic rings. The van der Waals surface area contributed by atoms with Crippen LogP contribution in [-0.4, -0.2) is 23.3 Å². The van der Waals surface area contributed by atoms with Crippen molar-refractivity contribution >= 4 is 90.0 Å². The first-order valence-electron chi connectivity index (χ1n) is 12.9. The topological polar surface area (TPSA) is 69.9 Å². The molecule has 3 aromatic carbocycles. The number of nitrogens with zero attached hydrogens (tertiary/aromatic N) is 2. The lowest BCUT2D eigenvalue weighted by molar-refractivity contribution is -0.140. The number of rotatable bonds is 7. The van der Waals surface area contributed by atoms with E-state index in [2.05, 4.69) is 36.9 Å². The van der Waals surface area contributed by atoms with Gasteiger partial charge in [-0.3, -0.25) is 9.36 Å². The highest BCUT2D eigenvalue weighted by Gasteiger charge is 2.45. The molecule has 0 unspecified atom stereocenters. The van der Waals surface area contributed by atoms with Crippen molar-refractivity contribution in [3.63, 3.8) is 0 Å². The van der Waals surface area contributed by atoms with Gasteiger partial charge in [-0.2, -0.15) is 13.2 Å². The van der Waals surface area contributed by atoms with E-state index < -0.39 is 35.0 Å². The van der Waals surface area contributed by atoms with E-state index in [0.29, 0.717) is 40.9 Å². The number of ether oxygens (including phenoxy) is 2. The van der Waals surface area contributed by atoms with Crippen molar-refractivity contribution in [2.75, 3.05) is 6.61 Å². The maximum atomic E-state index is 14.3. The van der Waals surface area contributed by atoms with Gasteiger partial charge < -0.3 is 9.47 Å². The molecule has 5 rings (SSSR count). The zero-order valence-corrected chi connectivity index (χ0v) is 29.0. The van der Waals surface area contributed by atoms with Crippen molar-refractivity contribution in [1.82, 2.24) is 4.57 Å². The van der Waals surface area contributed by atoms with E-state index in [4.69, 9.17) is 44.3 Å². The van der Waals surface area contributed by atoms with Gasteiger partial charge in [0.15, 0.2) is 10.5 Å². The molecule has 15 heteroatoms. The molecule has 0 radical (unpaired) electrons. The van der Waals surface area contributed by atoms with Crippen molar-refractivity contribution in [3.05, 3.63) is 126 Å². The maximum absolute atomic E-state index is 14.3. The summed E-state index contributed by atoms with van der Waals surface area (Å²) >= 11 is 26.0. The molecule has 0 saturated carbocycles. The minimum absolute atomic E-state index is 0.0831. The molecule has 0 aliphatic carbocycles. The van der Waals surface area contributed by atoms with Crippen LogP contribution in [0.3, 0.4) is 0 Å². The average Bonchev–Trinajstić information content (AvgIpc) is 3.27. The molecule has 45 heavy (non-hydrogen) atoms. The summed E-state index contributed by atoms with van der Waals surface area (Å²) in [6.45, 7) is 1.43. The molecular weight excluding hydrogens is 808 g/mol. The van der Waals surface area contributed by atoms with Gasteiger partial charge in [-0.15, -0.1) is 0 Å². The number of hydrogen-bond acceptors (Lipinski definition) is 6. The van der Waals surface area contributed by atoms with Gasteiger partial charge in [-0.05, 0) is 92.4 Å². The summed E-state index contributed by atoms with van der Waals surface area (Å²) in [6.07, 6.45) is -3.50. The highest BCUT2D eigenvalue weighted by molar-refractivity contribution is 9.11. The second kappa shape index (κ2) is 13.6. The SMILES string of the molecule is CCOC(=O)C1=C(C(F)(F)F)N=c2s/c(=C\c3cc(Br)c(OCc4ccc(Cl)cc4Cl)c(Br)c3)c(=O)n2[C@H]1c1ccc(Cl)cc1. The quantitative estimate of drug-likeness (QED) is 0.176. The molecule has 0 amide bonds. The number of esters is 1. The Kier molecular flexibility index (Phi) is 10.2. The molecule has 0 saturated heterocycles. The standard InChI is InChI=1S/C30H18Br2Cl3F3N2O4S/c1-2-43-28(42)23-24(15-3-6-17(33)7-4-15)40-27(41)22(45-29(40)39-26(23)30(36,37)38)11-14-9-19(31)25(20(32)10-14)44-13-16-5-8-18(34)12-21(16)35/h3-12,24H,2,13H2,1H3/b22-11-/t24-/m0/s1. The van der Waals surface area contributed by atoms with E-state index in [1.54, 1.807) is 30.3 Å². The number of fused-ring (bicyclic) bond motifs is 1. The minimum atomic E-state index is -5.01. The summed E-state index contributed by atoms with van der Waals surface area (Å²) in [6, 6.07) is 12.8. The molecule has 1 aromatic heterocycles. The molecule has 0 fully saturated rings. The monoisotopic (exact) mass is 822 g/mol. The number of carbonyl (C=O) groups is 1. The minimum Gasteiger partial charge on any atom is -0.486 e. The molecule has 1 aliphatic heterocycles. The van der Waals surface area contributed by atoms with Crippen molar-refractivity contribution in [2.45, 2.75) is 25.7 Å². The number of thiazole rings is 1. The first-order chi connectivity index (χ1) is 21.3. The van der Waals surface area contributed by atoms with Gasteiger partial charge in [-0.1, -0.05) is 64.3 Å². The Labute approximate surface area is 289 Å². The molecule has 0 bridgehead atoms. The summed E-state index contributed by atoms with van der Waals surface area (Å²) in [5, 5.41) is 1.26. The molecule has 1 atom stereocenters. The first kappa shape index (κ1) is 33.7. The lowest BCUT2D eigenvalue weighted by Crippen LogP contribution is -2.41.